The van der Waals surface area contributed by atoms with E-state index in [-0.39, 0.29) is 29.8 Å². The first kappa shape index (κ1) is 14.6. The van der Waals surface area contributed by atoms with Crippen molar-refractivity contribution in [2.75, 3.05) is 20.1 Å². The lowest BCUT2D eigenvalue weighted by atomic mass is 9.76. The summed E-state index contributed by atoms with van der Waals surface area (Å²) < 4.78 is 13.1. The molecule has 0 unspecified atom stereocenters. The average molecular weight is 375 g/mol. The van der Waals surface area contributed by atoms with E-state index in [0.29, 0.717) is 12.0 Å². The van der Waals surface area contributed by atoms with E-state index in [2.05, 4.69) is 22.3 Å². The van der Waals surface area contributed by atoms with Gasteiger partial charge >= 0.3 is 0 Å². The number of nitrogens with one attached hydrogen (secondary N) is 1. The van der Waals surface area contributed by atoms with E-state index < -0.39 is 0 Å². The molecule has 1 aromatic carbocycles. The molecule has 0 aromatic heterocycles. The highest BCUT2D eigenvalue weighted by atomic mass is 127. The molecule has 1 heterocycles. The van der Waals surface area contributed by atoms with Gasteiger partial charge in [-0.1, -0.05) is 12.1 Å². The fourth-order valence-corrected chi connectivity index (χ4v) is 2.64. The molecule has 0 spiro atoms. The van der Waals surface area contributed by atoms with Crippen LogP contribution in [0, 0.1) is 5.82 Å². The Bertz CT molecular complexity index is 472. The van der Waals surface area contributed by atoms with Gasteiger partial charge in [0, 0.05) is 19.6 Å². The summed E-state index contributed by atoms with van der Waals surface area (Å²) in [5.41, 5.74) is 1.12. The van der Waals surface area contributed by atoms with Gasteiger partial charge in [-0.3, -0.25) is 4.99 Å². The van der Waals surface area contributed by atoms with Crippen LogP contribution >= 0.6 is 24.0 Å². The zero-order chi connectivity index (χ0) is 12.5. The highest BCUT2D eigenvalue weighted by Crippen LogP contribution is 2.37. The predicted molar refractivity (Wildman–Crippen MR) is 85.6 cm³/mol. The van der Waals surface area contributed by atoms with E-state index >= 15 is 0 Å². The molecule has 0 bridgehead atoms. The molecule has 19 heavy (non-hydrogen) atoms. The number of halogens is 2. The first-order valence-electron chi connectivity index (χ1n) is 6.50. The van der Waals surface area contributed by atoms with Gasteiger partial charge in [0.15, 0.2) is 5.96 Å². The molecule has 0 atom stereocenters. The van der Waals surface area contributed by atoms with E-state index in [4.69, 9.17) is 0 Å². The van der Waals surface area contributed by atoms with Crippen LogP contribution in [0.2, 0.25) is 0 Å². The first-order chi connectivity index (χ1) is 8.72. The second-order valence-electron chi connectivity index (χ2n) is 5.19. The number of hydrogen-bond donors (Lipinski definition) is 1. The van der Waals surface area contributed by atoms with Crippen LogP contribution in [0.3, 0.4) is 0 Å². The molecule has 3 nitrogen and oxygen atoms in total. The maximum absolute atomic E-state index is 13.1. The van der Waals surface area contributed by atoms with Gasteiger partial charge in [0.2, 0.25) is 0 Å². The standard InChI is InChI=1S/C14H18FN3.HI/c1-18-6-5-16-14(18)17-13-8-11(9-13)10-3-2-4-12(15)7-10;/h2-4,7,11,13H,5-6,8-9H2,1H3,(H,16,17);1H. The summed E-state index contributed by atoms with van der Waals surface area (Å²) in [6, 6.07) is 7.45. The fourth-order valence-electron chi connectivity index (χ4n) is 2.64. The SMILES string of the molecule is CN1CCN=C1NC1CC(c2cccc(F)c2)C1.I. The summed E-state index contributed by atoms with van der Waals surface area (Å²) in [7, 11) is 2.06. The van der Waals surface area contributed by atoms with Crippen molar-refractivity contribution in [3.05, 3.63) is 35.6 Å². The van der Waals surface area contributed by atoms with Crippen molar-refractivity contribution in [2.24, 2.45) is 4.99 Å². The molecule has 3 rings (SSSR count). The summed E-state index contributed by atoms with van der Waals surface area (Å²) in [4.78, 5) is 6.57. The third kappa shape index (κ3) is 3.19. The third-order valence-corrected chi connectivity index (χ3v) is 3.85. The molecule has 0 amide bonds. The van der Waals surface area contributed by atoms with Crippen molar-refractivity contribution in [1.82, 2.24) is 10.2 Å². The fraction of sp³-hybridized carbons (Fsp3) is 0.500. The van der Waals surface area contributed by atoms with Crippen LogP contribution in [0.1, 0.15) is 24.3 Å². The number of hydrogen-bond acceptors (Lipinski definition) is 3. The van der Waals surface area contributed by atoms with Gasteiger partial charge in [-0.25, -0.2) is 4.39 Å². The summed E-state index contributed by atoms with van der Waals surface area (Å²) in [6.07, 6.45) is 2.13. The van der Waals surface area contributed by atoms with Gasteiger partial charge in [-0.2, -0.15) is 0 Å². The van der Waals surface area contributed by atoms with E-state index in [1.165, 1.54) is 6.07 Å². The number of rotatable bonds is 2. The Morgan fingerprint density at radius 1 is 1.37 bits per heavy atom. The minimum absolute atomic E-state index is 0. The molecule has 1 aliphatic heterocycles. The minimum atomic E-state index is -0.135. The molecule has 1 saturated carbocycles. The Morgan fingerprint density at radius 3 is 2.79 bits per heavy atom. The average Bonchev–Trinajstić information content (AvgIpc) is 2.69. The van der Waals surface area contributed by atoms with Crippen LogP contribution in [0.5, 0.6) is 0 Å². The van der Waals surface area contributed by atoms with Gasteiger partial charge in [0.05, 0.1) is 6.54 Å². The molecule has 0 saturated heterocycles. The summed E-state index contributed by atoms with van der Waals surface area (Å²) in [5, 5.41) is 3.46. The quantitative estimate of drug-likeness (QED) is 0.805. The van der Waals surface area contributed by atoms with Gasteiger partial charge in [-0.05, 0) is 36.5 Å². The van der Waals surface area contributed by atoms with Crippen LogP contribution in [0.4, 0.5) is 4.39 Å². The Morgan fingerprint density at radius 2 is 2.16 bits per heavy atom. The van der Waals surface area contributed by atoms with Crippen molar-refractivity contribution < 1.29 is 4.39 Å². The number of guanidine groups is 1. The molecule has 1 fully saturated rings. The van der Waals surface area contributed by atoms with Crippen LogP contribution in [0.25, 0.3) is 0 Å². The second-order valence-corrected chi connectivity index (χ2v) is 5.19. The molecule has 0 radical (unpaired) electrons. The van der Waals surface area contributed by atoms with Crippen LogP contribution in [-0.4, -0.2) is 37.0 Å². The van der Waals surface area contributed by atoms with Crippen molar-refractivity contribution in [1.29, 1.82) is 0 Å². The van der Waals surface area contributed by atoms with Gasteiger partial charge in [0.1, 0.15) is 5.82 Å². The lowest BCUT2D eigenvalue weighted by Gasteiger charge is -2.37. The molecule has 2 aliphatic rings. The number of likely N-dealkylation sites (N-methyl/N-ethyl adjacent to an activating group) is 1. The van der Waals surface area contributed by atoms with E-state index in [9.17, 15) is 4.39 Å². The highest BCUT2D eigenvalue weighted by Gasteiger charge is 2.32. The van der Waals surface area contributed by atoms with E-state index in [0.717, 1.165) is 37.5 Å². The normalized spacial score (nSPS) is 25.4. The third-order valence-electron chi connectivity index (χ3n) is 3.85. The Kier molecular flexibility index (Phi) is 4.65. The maximum atomic E-state index is 13.1. The summed E-state index contributed by atoms with van der Waals surface area (Å²) in [5.74, 6) is 1.37. The van der Waals surface area contributed by atoms with Crippen molar-refractivity contribution >= 4 is 29.9 Å². The lowest BCUT2D eigenvalue weighted by Crippen LogP contribution is -2.47. The van der Waals surface area contributed by atoms with Crippen molar-refractivity contribution in [2.45, 2.75) is 24.8 Å². The summed E-state index contributed by atoms with van der Waals surface area (Å²) in [6.45, 7) is 1.89. The Hall–Kier alpha value is -0.850. The topological polar surface area (TPSA) is 27.6 Å². The largest absolute Gasteiger partial charge is 0.353 e. The summed E-state index contributed by atoms with van der Waals surface area (Å²) >= 11 is 0. The van der Waals surface area contributed by atoms with Crippen molar-refractivity contribution in [3.8, 4) is 0 Å². The second kappa shape index (κ2) is 6.07. The highest BCUT2D eigenvalue weighted by molar-refractivity contribution is 14.0. The van der Waals surface area contributed by atoms with E-state index in [1.54, 1.807) is 12.1 Å². The van der Waals surface area contributed by atoms with Gasteiger partial charge < -0.3 is 10.2 Å². The zero-order valence-electron chi connectivity index (χ0n) is 11.0. The Labute approximate surface area is 130 Å². The van der Waals surface area contributed by atoms with Crippen LogP contribution in [-0.2, 0) is 0 Å². The zero-order valence-corrected chi connectivity index (χ0v) is 13.3. The number of aliphatic imine (C=N–C) groups is 1. The lowest BCUT2D eigenvalue weighted by molar-refractivity contribution is 0.315. The monoisotopic (exact) mass is 375 g/mol. The molecule has 104 valence electrons. The minimum Gasteiger partial charge on any atom is -0.353 e. The smallest absolute Gasteiger partial charge is 0.194 e. The van der Waals surface area contributed by atoms with Crippen LogP contribution in [0.15, 0.2) is 29.3 Å². The first-order valence-corrected chi connectivity index (χ1v) is 6.50. The number of benzene rings is 1. The molecule has 1 aromatic rings. The van der Waals surface area contributed by atoms with Gasteiger partial charge in [-0.15, -0.1) is 24.0 Å². The van der Waals surface area contributed by atoms with E-state index in [1.807, 2.05) is 6.07 Å². The van der Waals surface area contributed by atoms with Crippen molar-refractivity contribution in [3.63, 3.8) is 0 Å². The number of nitrogens with zero attached hydrogens (tertiary/aromatic N) is 2. The van der Waals surface area contributed by atoms with Crippen LogP contribution < -0.4 is 5.32 Å². The predicted octanol–water partition coefficient (Wildman–Crippen LogP) is 2.58. The van der Waals surface area contributed by atoms with Gasteiger partial charge in [0.25, 0.3) is 0 Å². The molecule has 5 heteroatoms. The Balaban J connectivity index is 0.00000133. The molecular weight excluding hydrogens is 356 g/mol. The molecule has 1 aliphatic carbocycles. The molecule has 1 N–H and O–H groups in total. The maximum Gasteiger partial charge on any atom is 0.194 e. The molecular formula is C14H19FIN3.